The van der Waals surface area contributed by atoms with E-state index in [1.54, 1.807) is 4.90 Å². The van der Waals surface area contributed by atoms with Crippen molar-refractivity contribution in [3.05, 3.63) is 60.6 Å². The van der Waals surface area contributed by atoms with Crippen LogP contribution >= 0.6 is 0 Å². The monoisotopic (exact) mass is 390 g/mol. The highest BCUT2D eigenvalue weighted by molar-refractivity contribution is 5.90. The molecule has 1 fully saturated rings. The summed E-state index contributed by atoms with van der Waals surface area (Å²) in [5.74, 6) is 0.0121. The third kappa shape index (κ3) is 3.34. The third-order valence-electron chi connectivity index (χ3n) is 5.15. The van der Waals surface area contributed by atoms with Crippen LogP contribution in [0.25, 0.3) is 16.9 Å². The van der Waals surface area contributed by atoms with Gasteiger partial charge in [-0.05, 0) is 18.6 Å². The van der Waals surface area contributed by atoms with E-state index in [0.29, 0.717) is 13.0 Å². The van der Waals surface area contributed by atoms with Crippen LogP contribution in [0.5, 0.6) is 0 Å². The Labute approximate surface area is 165 Å². The number of hydrogen-bond acceptors (Lipinski definition) is 7. The van der Waals surface area contributed by atoms with Gasteiger partial charge >= 0.3 is 0 Å². The molecule has 0 saturated carbocycles. The Morgan fingerprint density at radius 1 is 1.10 bits per heavy atom. The number of β-amino-alcohol motifs (C(OH)–C–C–N with tert-alkyl or cyclic N) is 1. The van der Waals surface area contributed by atoms with Crippen LogP contribution in [0.1, 0.15) is 16.3 Å². The molecule has 2 atom stereocenters. The summed E-state index contributed by atoms with van der Waals surface area (Å²) in [7, 11) is 0. The molecule has 10 heteroatoms. The molecule has 0 spiro atoms. The first kappa shape index (κ1) is 17.4. The molecule has 10 nitrogen and oxygen atoms in total. The lowest BCUT2D eigenvalue weighted by atomic mass is 9.99. The summed E-state index contributed by atoms with van der Waals surface area (Å²) in [6.07, 6.45) is 2.87. The Balaban J connectivity index is 1.29. The van der Waals surface area contributed by atoms with Crippen LogP contribution in [-0.2, 0) is 6.42 Å². The van der Waals surface area contributed by atoms with Gasteiger partial charge in [0.25, 0.3) is 11.9 Å². The lowest BCUT2D eigenvalue weighted by Crippen LogP contribution is -2.30. The molecule has 1 aromatic carbocycles. The van der Waals surface area contributed by atoms with Crippen LogP contribution in [-0.4, -0.2) is 70.0 Å². The van der Waals surface area contributed by atoms with Crippen molar-refractivity contribution in [2.24, 2.45) is 5.92 Å². The largest absolute Gasteiger partial charge is 0.391 e. The molecule has 0 bridgehead atoms. The van der Waals surface area contributed by atoms with E-state index in [9.17, 15) is 9.90 Å². The average molecular weight is 390 g/mol. The van der Waals surface area contributed by atoms with Gasteiger partial charge in [0.15, 0.2) is 0 Å². The highest BCUT2D eigenvalue weighted by atomic mass is 16.3. The number of carbonyl (C=O) groups is 1. The Kier molecular flexibility index (Phi) is 4.24. The third-order valence-corrected chi connectivity index (χ3v) is 5.15. The Bertz CT molecular complexity index is 1160. The van der Waals surface area contributed by atoms with Crippen LogP contribution < -0.4 is 0 Å². The summed E-state index contributed by atoms with van der Waals surface area (Å²) in [4.78, 5) is 23.2. The van der Waals surface area contributed by atoms with Gasteiger partial charge in [0.05, 0.1) is 11.6 Å². The van der Waals surface area contributed by atoms with Gasteiger partial charge in [0, 0.05) is 30.1 Å². The van der Waals surface area contributed by atoms with Gasteiger partial charge in [-0.3, -0.25) is 19.4 Å². The standard InChI is InChI=1S/C19H18N8O2/c28-16-9-26(18(29)17-23-19(25-24-17)27-10-20-21-11-27)8-13(16)7-14-6-5-12-3-1-2-4-15(12)22-14/h1-6,10-11,13,16,28H,7-9H2,(H,23,24,25)/t13-,16-/m1/s1. The minimum absolute atomic E-state index is 0.0900. The molecule has 4 heterocycles. The number of carbonyl (C=O) groups excluding carboxylic acids is 1. The highest BCUT2D eigenvalue weighted by Crippen LogP contribution is 2.23. The van der Waals surface area contributed by atoms with Crippen molar-refractivity contribution in [3.63, 3.8) is 0 Å². The molecule has 0 unspecified atom stereocenters. The molecule has 146 valence electrons. The number of rotatable bonds is 4. The van der Waals surface area contributed by atoms with E-state index in [4.69, 9.17) is 0 Å². The Hall–Kier alpha value is -3.66. The summed E-state index contributed by atoms with van der Waals surface area (Å²) >= 11 is 0. The first-order valence-corrected chi connectivity index (χ1v) is 9.27. The Morgan fingerprint density at radius 2 is 1.93 bits per heavy atom. The lowest BCUT2D eigenvalue weighted by Gasteiger charge is -2.14. The van der Waals surface area contributed by atoms with Crippen molar-refractivity contribution in [2.75, 3.05) is 13.1 Å². The maximum atomic E-state index is 12.8. The molecule has 1 amide bonds. The molecule has 1 aliphatic heterocycles. The maximum absolute atomic E-state index is 12.8. The number of H-pyrrole nitrogens is 1. The maximum Gasteiger partial charge on any atom is 0.291 e. The number of aromatic amines is 1. The van der Waals surface area contributed by atoms with E-state index < -0.39 is 6.10 Å². The summed E-state index contributed by atoms with van der Waals surface area (Å²) in [6.45, 7) is 0.677. The molecule has 5 rings (SSSR count). The number of hydrogen-bond donors (Lipinski definition) is 2. The van der Waals surface area contributed by atoms with Crippen LogP contribution in [0, 0.1) is 5.92 Å². The van der Waals surface area contributed by atoms with Crippen LogP contribution in [0.15, 0.2) is 49.1 Å². The number of aliphatic hydroxyl groups is 1. The van der Waals surface area contributed by atoms with Gasteiger partial charge in [-0.25, -0.2) is 0 Å². The second-order valence-corrected chi connectivity index (χ2v) is 7.09. The minimum atomic E-state index is -0.618. The molecule has 2 N–H and O–H groups in total. The first-order chi connectivity index (χ1) is 14.2. The Morgan fingerprint density at radius 3 is 2.79 bits per heavy atom. The zero-order valence-corrected chi connectivity index (χ0v) is 15.4. The SMILES string of the molecule is O=C(c1nc(-n2cnnc2)n[nH]1)N1C[C@@H](Cc2ccc3ccccc3n2)[C@H](O)C1. The number of fused-ring (bicyclic) bond motifs is 1. The van der Waals surface area contributed by atoms with Crippen molar-refractivity contribution < 1.29 is 9.90 Å². The van der Waals surface area contributed by atoms with Crippen molar-refractivity contribution in [1.82, 2.24) is 39.8 Å². The quantitative estimate of drug-likeness (QED) is 0.523. The topological polar surface area (TPSA) is 126 Å². The number of nitrogens with one attached hydrogen (secondary N) is 1. The van der Waals surface area contributed by atoms with Gasteiger partial charge in [-0.1, -0.05) is 24.3 Å². The van der Waals surface area contributed by atoms with Gasteiger partial charge < -0.3 is 10.0 Å². The van der Waals surface area contributed by atoms with Gasteiger partial charge in [-0.2, -0.15) is 4.98 Å². The number of nitrogens with zero attached hydrogens (tertiary/aromatic N) is 7. The van der Waals surface area contributed by atoms with Crippen molar-refractivity contribution in [3.8, 4) is 5.95 Å². The fourth-order valence-corrected chi connectivity index (χ4v) is 3.63. The predicted octanol–water partition coefficient (Wildman–Crippen LogP) is 0.609. The van der Waals surface area contributed by atoms with E-state index >= 15 is 0 Å². The second kappa shape index (κ2) is 7.06. The van der Waals surface area contributed by atoms with E-state index in [0.717, 1.165) is 16.6 Å². The molecule has 1 saturated heterocycles. The molecule has 4 aromatic rings. The van der Waals surface area contributed by atoms with Crippen molar-refractivity contribution in [1.29, 1.82) is 0 Å². The number of aliphatic hydroxyl groups excluding tert-OH is 1. The number of para-hydroxylation sites is 1. The summed E-state index contributed by atoms with van der Waals surface area (Å²) < 4.78 is 1.50. The number of likely N-dealkylation sites (tertiary alicyclic amines) is 1. The van der Waals surface area contributed by atoms with Gasteiger partial charge in [-0.15, -0.1) is 15.3 Å². The van der Waals surface area contributed by atoms with E-state index in [2.05, 4.69) is 30.4 Å². The lowest BCUT2D eigenvalue weighted by molar-refractivity contribution is 0.0753. The van der Waals surface area contributed by atoms with Crippen LogP contribution in [0.3, 0.4) is 0 Å². The van der Waals surface area contributed by atoms with Crippen LogP contribution in [0.4, 0.5) is 0 Å². The fraction of sp³-hybridized carbons (Fsp3) is 0.263. The van der Waals surface area contributed by atoms with Crippen molar-refractivity contribution >= 4 is 16.8 Å². The first-order valence-electron chi connectivity index (χ1n) is 9.27. The highest BCUT2D eigenvalue weighted by Gasteiger charge is 2.35. The molecule has 3 aromatic heterocycles. The van der Waals surface area contributed by atoms with Crippen molar-refractivity contribution in [2.45, 2.75) is 12.5 Å². The second-order valence-electron chi connectivity index (χ2n) is 7.09. The summed E-state index contributed by atoms with van der Waals surface area (Å²) in [5, 5.41) is 25.6. The van der Waals surface area contributed by atoms with Gasteiger partial charge in [0.2, 0.25) is 5.82 Å². The van der Waals surface area contributed by atoms with E-state index in [1.807, 2.05) is 36.4 Å². The fourth-order valence-electron chi connectivity index (χ4n) is 3.63. The predicted molar refractivity (Wildman–Crippen MR) is 102 cm³/mol. The molecule has 1 aliphatic rings. The zero-order chi connectivity index (χ0) is 19.8. The number of amides is 1. The summed E-state index contributed by atoms with van der Waals surface area (Å²) in [6, 6.07) is 11.9. The smallest absolute Gasteiger partial charge is 0.291 e. The van der Waals surface area contributed by atoms with Crippen LogP contribution in [0.2, 0.25) is 0 Å². The molecular formula is C19H18N8O2. The summed E-state index contributed by atoms with van der Waals surface area (Å²) in [5.41, 5.74) is 1.82. The van der Waals surface area contributed by atoms with E-state index in [1.165, 1.54) is 17.2 Å². The molecule has 29 heavy (non-hydrogen) atoms. The molecular weight excluding hydrogens is 372 g/mol. The molecule has 0 radical (unpaired) electrons. The zero-order valence-electron chi connectivity index (χ0n) is 15.4. The average Bonchev–Trinajstić information content (AvgIpc) is 3.49. The molecule has 0 aliphatic carbocycles. The normalized spacial score (nSPS) is 19.1. The number of aromatic nitrogens is 7. The number of pyridine rings is 1. The minimum Gasteiger partial charge on any atom is -0.391 e. The van der Waals surface area contributed by atoms with Gasteiger partial charge in [0.1, 0.15) is 12.7 Å². The number of benzene rings is 1. The van der Waals surface area contributed by atoms with E-state index in [-0.39, 0.29) is 30.1 Å².